The minimum absolute atomic E-state index is 0.272. The van der Waals surface area contributed by atoms with Gasteiger partial charge in [0.1, 0.15) is 18.2 Å². The number of carbonyl (C=O) groups excluding carboxylic acids is 2. The van der Waals surface area contributed by atoms with Crippen LogP contribution < -0.4 is 16.6 Å². The maximum absolute atomic E-state index is 13.5. The SMILES string of the molecule is C[C@@H](OC(=O)Cn1ccc(=O)[nH]c1=O)C(=O)Nc1ccc(F)cc1F. The van der Waals surface area contributed by atoms with Crippen molar-refractivity contribution < 1.29 is 23.1 Å². The first kappa shape index (κ1) is 18.0. The topological polar surface area (TPSA) is 110 Å². The standard InChI is InChI=1S/C15H13F2N3O5/c1-8(14(23)18-11-3-2-9(16)6-10(11)17)25-13(22)7-20-5-4-12(21)19-15(20)24/h2-6,8H,7H2,1H3,(H,18,23)(H,19,21,24)/t8-/m1/s1. The molecule has 0 aliphatic carbocycles. The lowest BCUT2D eigenvalue weighted by Gasteiger charge is -2.14. The van der Waals surface area contributed by atoms with Crippen molar-refractivity contribution in [2.24, 2.45) is 0 Å². The molecule has 8 nitrogen and oxygen atoms in total. The summed E-state index contributed by atoms with van der Waals surface area (Å²) in [6.07, 6.45) is -0.198. The number of ether oxygens (including phenoxy) is 1. The second-order valence-electron chi connectivity index (χ2n) is 4.98. The fraction of sp³-hybridized carbons (Fsp3) is 0.200. The Morgan fingerprint density at radius 3 is 2.64 bits per heavy atom. The predicted molar refractivity (Wildman–Crippen MR) is 81.9 cm³/mol. The van der Waals surface area contributed by atoms with Crippen molar-refractivity contribution in [2.45, 2.75) is 19.6 Å². The number of hydrogen-bond donors (Lipinski definition) is 2. The van der Waals surface area contributed by atoms with Crippen molar-refractivity contribution in [3.8, 4) is 0 Å². The normalized spacial score (nSPS) is 11.6. The molecular weight excluding hydrogens is 340 g/mol. The van der Waals surface area contributed by atoms with E-state index < -0.39 is 47.4 Å². The number of benzene rings is 1. The van der Waals surface area contributed by atoms with Crippen LogP contribution in [-0.4, -0.2) is 27.5 Å². The maximum Gasteiger partial charge on any atom is 0.328 e. The molecule has 2 rings (SSSR count). The summed E-state index contributed by atoms with van der Waals surface area (Å²) in [5.74, 6) is -3.54. The van der Waals surface area contributed by atoms with Crippen molar-refractivity contribution in [3.05, 3.63) is 62.9 Å². The molecule has 1 atom stereocenters. The van der Waals surface area contributed by atoms with E-state index >= 15 is 0 Å². The van der Waals surface area contributed by atoms with Crippen LogP contribution >= 0.6 is 0 Å². The third kappa shape index (κ3) is 4.83. The molecule has 0 unspecified atom stereocenters. The van der Waals surface area contributed by atoms with E-state index in [2.05, 4.69) is 5.32 Å². The van der Waals surface area contributed by atoms with E-state index in [0.717, 1.165) is 29.0 Å². The predicted octanol–water partition coefficient (Wildman–Crippen LogP) is 0.385. The van der Waals surface area contributed by atoms with Crippen LogP contribution in [-0.2, 0) is 20.9 Å². The summed E-state index contributed by atoms with van der Waals surface area (Å²) >= 11 is 0. The minimum Gasteiger partial charge on any atom is -0.451 e. The third-order valence-electron chi connectivity index (χ3n) is 3.06. The molecule has 0 aliphatic heterocycles. The summed E-state index contributed by atoms with van der Waals surface area (Å²) in [6.45, 7) is 0.711. The molecule has 2 aromatic rings. The summed E-state index contributed by atoms with van der Waals surface area (Å²) < 4.78 is 32.0. The summed E-state index contributed by atoms with van der Waals surface area (Å²) in [5, 5.41) is 2.15. The fourth-order valence-electron chi connectivity index (χ4n) is 1.82. The highest BCUT2D eigenvalue weighted by molar-refractivity contribution is 5.95. The first-order valence-electron chi connectivity index (χ1n) is 7.01. The van der Waals surface area contributed by atoms with E-state index in [1.54, 1.807) is 0 Å². The number of hydrogen-bond acceptors (Lipinski definition) is 5. The zero-order chi connectivity index (χ0) is 18.6. The van der Waals surface area contributed by atoms with Gasteiger partial charge in [-0.3, -0.25) is 23.9 Å². The number of anilines is 1. The maximum atomic E-state index is 13.5. The molecule has 0 radical (unpaired) electrons. The first-order chi connectivity index (χ1) is 11.8. The Balaban J connectivity index is 1.97. The van der Waals surface area contributed by atoms with Crippen LogP contribution in [0.15, 0.2) is 40.1 Å². The molecule has 0 aliphatic rings. The van der Waals surface area contributed by atoms with Gasteiger partial charge in [-0.2, -0.15) is 0 Å². The number of aromatic nitrogens is 2. The fourth-order valence-corrected chi connectivity index (χ4v) is 1.82. The average molecular weight is 353 g/mol. The molecule has 10 heteroatoms. The Bertz CT molecular complexity index is 922. The van der Waals surface area contributed by atoms with Gasteiger partial charge >= 0.3 is 11.7 Å². The molecule has 1 aromatic heterocycles. The molecule has 25 heavy (non-hydrogen) atoms. The lowest BCUT2D eigenvalue weighted by molar-refractivity contribution is -0.153. The zero-order valence-electron chi connectivity index (χ0n) is 12.9. The molecule has 0 spiro atoms. The van der Waals surface area contributed by atoms with Crippen LogP contribution in [0.3, 0.4) is 0 Å². The number of nitrogens with zero attached hydrogens (tertiary/aromatic N) is 1. The molecule has 2 N–H and O–H groups in total. The van der Waals surface area contributed by atoms with Gasteiger partial charge in [0.15, 0.2) is 6.10 Å². The van der Waals surface area contributed by atoms with Crippen molar-refractivity contribution >= 4 is 17.6 Å². The molecule has 0 fully saturated rings. The van der Waals surface area contributed by atoms with Gasteiger partial charge in [-0.1, -0.05) is 0 Å². The van der Waals surface area contributed by atoms with Crippen LogP contribution in [0, 0.1) is 11.6 Å². The highest BCUT2D eigenvalue weighted by Gasteiger charge is 2.19. The largest absolute Gasteiger partial charge is 0.451 e. The smallest absolute Gasteiger partial charge is 0.328 e. The number of carbonyl (C=O) groups is 2. The Labute approximate surface area is 139 Å². The van der Waals surface area contributed by atoms with E-state index in [0.29, 0.717) is 6.07 Å². The van der Waals surface area contributed by atoms with Crippen molar-refractivity contribution in [3.63, 3.8) is 0 Å². The second kappa shape index (κ2) is 7.51. The minimum atomic E-state index is -1.30. The van der Waals surface area contributed by atoms with Crippen LogP contribution in [0.1, 0.15) is 6.92 Å². The third-order valence-corrected chi connectivity index (χ3v) is 3.06. The lowest BCUT2D eigenvalue weighted by Crippen LogP contribution is -2.35. The number of amides is 1. The van der Waals surface area contributed by atoms with Gasteiger partial charge in [0, 0.05) is 18.3 Å². The van der Waals surface area contributed by atoms with E-state index in [1.165, 1.54) is 6.92 Å². The van der Waals surface area contributed by atoms with Gasteiger partial charge in [-0.15, -0.1) is 0 Å². The van der Waals surface area contributed by atoms with Gasteiger partial charge in [-0.05, 0) is 19.1 Å². The molecule has 0 saturated carbocycles. The van der Waals surface area contributed by atoms with Crippen LogP contribution in [0.2, 0.25) is 0 Å². The second-order valence-corrected chi connectivity index (χ2v) is 4.98. The van der Waals surface area contributed by atoms with E-state index in [9.17, 15) is 28.0 Å². The molecule has 0 saturated heterocycles. The number of rotatable bonds is 5. The highest BCUT2D eigenvalue weighted by Crippen LogP contribution is 2.15. The first-order valence-corrected chi connectivity index (χ1v) is 7.01. The summed E-state index contributed by atoms with van der Waals surface area (Å²) in [6, 6.07) is 3.62. The number of H-pyrrole nitrogens is 1. The monoisotopic (exact) mass is 353 g/mol. The Morgan fingerprint density at radius 1 is 1.28 bits per heavy atom. The number of halogens is 2. The molecule has 1 aromatic carbocycles. The number of aromatic amines is 1. The van der Waals surface area contributed by atoms with Gasteiger partial charge in [-0.25, -0.2) is 13.6 Å². The molecular formula is C15H13F2N3O5. The van der Waals surface area contributed by atoms with E-state index in [-0.39, 0.29) is 5.69 Å². The van der Waals surface area contributed by atoms with Crippen molar-refractivity contribution in [1.29, 1.82) is 0 Å². The van der Waals surface area contributed by atoms with Gasteiger partial charge in [0.25, 0.3) is 11.5 Å². The van der Waals surface area contributed by atoms with Crippen LogP contribution in [0.4, 0.5) is 14.5 Å². The van der Waals surface area contributed by atoms with Gasteiger partial charge in [0.2, 0.25) is 0 Å². The van der Waals surface area contributed by atoms with Crippen LogP contribution in [0.25, 0.3) is 0 Å². The lowest BCUT2D eigenvalue weighted by atomic mass is 10.2. The molecule has 132 valence electrons. The summed E-state index contributed by atoms with van der Waals surface area (Å²) in [4.78, 5) is 48.0. The summed E-state index contributed by atoms with van der Waals surface area (Å²) in [5.41, 5.74) is -1.70. The van der Waals surface area contributed by atoms with E-state index in [1.807, 2.05) is 4.98 Å². The Hall–Kier alpha value is -3.30. The molecule has 1 heterocycles. The van der Waals surface area contributed by atoms with Crippen molar-refractivity contribution in [1.82, 2.24) is 9.55 Å². The summed E-state index contributed by atoms with van der Waals surface area (Å²) in [7, 11) is 0. The van der Waals surface area contributed by atoms with Crippen LogP contribution in [0.5, 0.6) is 0 Å². The van der Waals surface area contributed by atoms with Crippen molar-refractivity contribution in [2.75, 3.05) is 5.32 Å². The van der Waals surface area contributed by atoms with E-state index in [4.69, 9.17) is 4.74 Å². The van der Waals surface area contributed by atoms with Gasteiger partial charge < -0.3 is 10.1 Å². The molecule has 0 bridgehead atoms. The quantitative estimate of drug-likeness (QED) is 0.756. The number of esters is 1. The highest BCUT2D eigenvalue weighted by atomic mass is 19.1. The van der Waals surface area contributed by atoms with Gasteiger partial charge in [0.05, 0.1) is 5.69 Å². The average Bonchev–Trinajstić information content (AvgIpc) is 2.52. The Morgan fingerprint density at radius 2 is 2.00 bits per heavy atom. The molecule has 1 amide bonds. The number of nitrogens with one attached hydrogen (secondary N) is 2. The zero-order valence-corrected chi connectivity index (χ0v) is 12.9. The Kier molecular flexibility index (Phi) is 5.42.